The number of aliphatic hydroxyl groups is 1. The van der Waals surface area contributed by atoms with Crippen molar-refractivity contribution in [1.82, 2.24) is 0 Å². The molecule has 0 saturated heterocycles. The number of primary amides is 1. The van der Waals surface area contributed by atoms with Crippen LogP contribution in [0, 0.1) is 0 Å². The first-order valence-electron chi connectivity index (χ1n) is 4.98. The summed E-state index contributed by atoms with van der Waals surface area (Å²) < 4.78 is 0. The van der Waals surface area contributed by atoms with Gasteiger partial charge in [-0.1, -0.05) is 6.07 Å². The van der Waals surface area contributed by atoms with Crippen LogP contribution in [0.5, 0.6) is 0 Å². The number of unbranched alkanes of at least 4 members (excludes halogenated alkanes) is 1. The zero-order chi connectivity index (χ0) is 11.1. The van der Waals surface area contributed by atoms with E-state index < -0.39 is 5.91 Å². The maximum Gasteiger partial charge on any atom is 0.248 e. The van der Waals surface area contributed by atoms with E-state index in [2.05, 4.69) is 5.32 Å². The SMILES string of the molecule is NC(=O)c1cccc(NCCCCO)c1. The van der Waals surface area contributed by atoms with Crippen molar-refractivity contribution in [3.05, 3.63) is 29.8 Å². The highest BCUT2D eigenvalue weighted by molar-refractivity contribution is 5.93. The largest absolute Gasteiger partial charge is 0.396 e. The number of nitrogens with two attached hydrogens (primary N) is 1. The third kappa shape index (κ3) is 3.99. The van der Waals surface area contributed by atoms with E-state index in [1.54, 1.807) is 18.2 Å². The Bertz CT molecular complexity index is 326. The van der Waals surface area contributed by atoms with Gasteiger partial charge in [0.1, 0.15) is 0 Å². The van der Waals surface area contributed by atoms with E-state index in [4.69, 9.17) is 10.8 Å². The van der Waals surface area contributed by atoms with Gasteiger partial charge in [0, 0.05) is 24.4 Å². The zero-order valence-corrected chi connectivity index (χ0v) is 8.57. The molecular weight excluding hydrogens is 192 g/mol. The van der Waals surface area contributed by atoms with Crippen LogP contribution in [0.4, 0.5) is 5.69 Å². The summed E-state index contributed by atoms with van der Waals surface area (Å²) in [5, 5.41) is 11.7. The molecule has 0 aliphatic carbocycles. The highest BCUT2D eigenvalue weighted by Gasteiger charge is 2.00. The van der Waals surface area contributed by atoms with Gasteiger partial charge in [0.2, 0.25) is 5.91 Å². The van der Waals surface area contributed by atoms with Crippen LogP contribution in [0.3, 0.4) is 0 Å². The third-order valence-electron chi connectivity index (χ3n) is 2.06. The minimum atomic E-state index is -0.422. The molecule has 0 aliphatic rings. The van der Waals surface area contributed by atoms with Crippen molar-refractivity contribution in [1.29, 1.82) is 0 Å². The molecule has 0 spiro atoms. The molecule has 1 aromatic carbocycles. The van der Waals surface area contributed by atoms with Gasteiger partial charge in [-0.05, 0) is 31.0 Å². The molecule has 1 rings (SSSR count). The molecular formula is C11H16N2O2. The second-order valence-corrected chi connectivity index (χ2v) is 3.30. The zero-order valence-electron chi connectivity index (χ0n) is 8.57. The van der Waals surface area contributed by atoms with Gasteiger partial charge < -0.3 is 16.2 Å². The number of hydrogen-bond donors (Lipinski definition) is 3. The van der Waals surface area contributed by atoms with Gasteiger partial charge in [0.25, 0.3) is 0 Å². The van der Waals surface area contributed by atoms with Crippen LogP contribution in [-0.2, 0) is 0 Å². The normalized spacial score (nSPS) is 9.93. The molecule has 4 heteroatoms. The molecule has 0 radical (unpaired) electrons. The molecule has 1 amide bonds. The van der Waals surface area contributed by atoms with Gasteiger partial charge in [0.15, 0.2) is 0 Å². The first-order valence-corrected chi connectivity index (χ1v) is 4.98. The van der Waals surface area contributed by atoms with Crippen LogP contribution in [0.2, 0.25) is 0 Å². The van der Waals surface area contributed by atoms with Crippen molar-refractivity contribution in [3.63, 3.8) is 0 Å². The van der Waals surface area contributed by atoms with Crippen LogP contribution in [0.1, 0.15) is 23.2 Å². The lowest BCUT2D eigenvalue weighted by atomic mass is 10.2. The molecule has 4 N–H and O–H groups in total. The average Bonchev–Trinajstić information content (AvgIpc) is 2.25. The molecule has 15 heavy (non-hydrogen) atoms. The summed E-state index contributed by atoms with van der Waals surface area (Å²) in [6.07, 6.45) is 1.68. The average molecular weight is 208 g/mol. The number of aliphatic hydroxyl groups excluding tert-OH is 1. The van der Waals surface area contributed by atoms with E-state index >= 15 is 0 Å². The van der Waals surface area contributed by atoms with E-state index in [9.17, 15) is 4.79 Å². The molecule has 0 bridgehead atoms. The fourth-order valence-corrected chi connectivity index (χ4v) is 1.25. The van der Waals surface area contributed by atoms with E-state index in [0.717, 1.165) is 25.1 Å². The lowest BCUT2D eigenvalue weighted by Crippen LogP contribution is -2.11. The van der Waals surface area contributed by atoms with Crippen molar-refractivity contribution in [3.8, 4) is 0 Å². The van der Waals surface area contributed by atoms with E-state index in [0.29, 0.717) is 5.56 Å². The number of anilines is 1. The molecule has 82 valence electrons. The lowest BCUT2D eigenvalue weighted by molar-refractivity contribution is 0.100. The van der Waals surface area contributed by atoms with Crippen molar-refractivity contribution >= 4 is 11.6 Å². The molecule has 0 fully saturated rings. The monoisotopic (exact) mass is 208 g/mol. The molecule has 4 nitrogen and oxygen atoms in total. The smallest absolute Gasteiger partial charge is 0.248 e. The van der Waals surface area contributed by atoms with Crippen molar-refractivity contribution < 1.29 is 9.90 Å². The van der Waals surface area contributed by atoms with E-state index in [1.165, 1.54) is 0 Å². The predicted molar refractivity (Wildman–Crippen MR) is 59.8 cm³/mol. The molecule has 1 aromatic rings. The molecule has 0 aromatic heterocycles. The van der Waals surface area contributed by atoms with Crippen molar-refractivity contribution in [2.24, 2.45) is 5.73 Å². The highest BCUT2D eigenvalue weighted by Crippen LogP contribution is 2.10. The third-order valence-corrected chi connectivity index (χ3v) is 2.06. The van der Waals surface area contributed by atoms with Gasteiger partial charge in [-0.25, -0.2) is 0 Å². The van der Waals surface area contributed by atoms with Crippen LogP contribution >= 0.6 is 0 Å². The first-order chi connectivity index (χ1) is 7.24. The second kappa shape index (κ2) is 6.03. The Morgan fingerprint density at radius 2 is 2.20 bits per heavy atom. The summed E-state index contributed by atoms with van der Waals surface area (Å²) in [7, 11) is 0. The topological polar surface area (TPSA) is 75.4 Å². The van der Waals surface area contributed by atoms with Crippen LogP contribution in [0.25, 0.3) is 0 Å². The first kappa shape index (κ1) is 11.5. The number of carbonyl (C=O) groups is 1. The quantitative estimate of drug-likeness (QED) is 0.610. The Morgan fingerprint density at radius 1 is 1.40 bits per heavy atom. The Hall–Kier alpha value is -1.55. The maximum absolute atomic E-state index is 10.9. The number of amides is 1. The number of hydrogen-bond acceptors (Lipinski definition) is 3. The predicted octanol–water partition coefficient (Wildman–Crippen LogP) is 0.970. The van der Waals surface area contributed by atoms with Crippen LogP contribution in [-0.4, -0.2) is 24.2 Å². The summed E-state index contributed by atoms with van der Waals surface area (Å²) in [5.74, 6) is -0.422. The maximum atomic E-state index is 10.9. The molecule has 0 heterocycles. The Kier molecular flexibility index (Phi) is 4.63. The minimum Gasteiger partial charge on any atom is -0.396 e. The second-order valence-electron chi connectivity index (χ2n) is 3.30. The molecule has 0 aliphatic heterocycles. The summed E-state index contributed by atoms with van der Waals surface area (Å²) in [6, 6.07) is 7.07. The Balaban J connectivity index is 2.47. The van der Waals surface area contributed by atoms with Gasteiger partial charge in [-0.15, -0.1) is 0 Å². The molecule has 0 unspecified atom stereocenters. The standard InChI is InChI=1S/C11H16N2O2/c12-11(15)9-4-3-5-10(8-9)13-6-1-2-7-14/h3-5,8,13-14H,1-2,6-7H2,(H2,12,15). The summed E-state index contributed by atoms with van der Waals surface area (Å²) in [5.41, 5.74) is 6.54. The molecule has 0 atom stereocenters. The lowest BCUT2D eigenvalue weighted by Gasteiger charge is -2.06. The number of nitrogens with one attached hydrogen (secondary N) is 1. The van der Waals surface area contributed by atoms with Gasteiger partial charge >= 0.3 is 0 Å². The fourth-order valence-electron chi connectivity index (χ4n) is 1.25. The fraction of sp³-hybridized carbons (Fsp3) is 0.364. The van der Waals surface area contributed by atoms with E-state index in [-0.39, 0.29) is 6.61 Å². The summed E-state index contributed by atoms with van der Waals surface area (Å²) in [6.45, 7) is 0.992. The summed E-state index contributed by atoms with van der Waals surface area (Å²) in [4.78, 5) is 10.9. The number of carbonyl (C=O) groups excluding carboxylic acids is 1. The van der Waals surface area contributed by atoms with Crippen molar-refractivity contribution in [2.75, 3.05) is 18.5 Å². The molecule has 0 saturated carbocycles. The Morgan fingerprint density at radius 3 is 2.87 bits per heavy atom. The van der Waals surface area contributed by atoms with Gasteiger partial charge in [-0.2, -0.15) is 0 Å². The minimum absolute atomic E-state index is 0.211. The van der Waals surface area contributed by atoms with Crippen LogP contribution < -0.4 is 11.1 Å². The number of rotatable bonds is 6. The van der Waals surface area contributed by atoms with Gasteiger partial charge in [-0.3, -0.25) is 4.79 Å². The number of benzene rings is 1. The van der Waals surface area contributed by atoms with Crippen molar-refractivity contribution in [2.45, 2.75) is 12.8 Å². The van der Waals surface area contributed by atoms with Crippen LogP contribution in [0.15, 0.2) is 24.3 Å². The van der Waals surface area contributed by atoms with E-state index in [1.807, 2.05) is 6.07 Å². The summed E-state index contributed by atoms with van der Waals surface area (Å²) >= 11 is 0. The highest BCUT2D eigenvalue weighted by atomic mass is 16.2. The Labute approximate surface area is 89.1 Å². The van der Waals surface area contributed by atoms with Gasteiger partial charge in [0.05, 0.1) is 0 Å².